The minimum atomic E-state index is -3.75. The fraction of sp³-hybridized carbons (Fsp3) is 0. The van der Waals surface area contributed by atoms with E-state index in [1.54, 1.807) is 24.3 Å². The molecule has 0 fully saturated rings. The second-order valence-electron chi connectivity index (χ2n) is 4.31. The zero-order valence-corrected chi connectivity index (χ0v) is 12.3. The number of halogens is 1. The summed E-state index contributed by atoms with van der Waals surface area (Å²) in [5.41, 5.74) is 0. The molecule has 0 aliphatic heterocycles. The van der Waals surface area contributed by atoms with Gasteiger partial charge >= 0.3 is 0 Å². The third-order valence-electron chi connectivity index (χ3n) is 2.90. The molecule has 2 aromatic carbocycles. The Morgan fingerprint density at radius 2 is 1.71 bits per heavy atom. The van der Waals surface area contributed by atoms with Crippen LogP contribution in [-0.2, 0) is 10.0 Å². The van der Waals surface area contributed by atoms with Crippen molar-refractivity contribution in [3.05, 3.63) is 60.0 Å². The predicted octanol–water partition coefficient (Wildman–Crippen LogP) is 3.08. The highest BCUT2D eigenvalue weighted by molar-refractivity contribution is 7.93. The monoisotopic (exact) mass is 319 g/mol. The quantitative estimate of drug-likeness (QED) is 0.805. The Morgan fingerprint density at radius 3 is 2.48 bits per heavy atom. The molecule has 1 N–H and O–H groups in total. The van der Waals surface area contributed by atoms with Crippen LogP contribution in [0.5, 0.6) is 0 Å². The maximum absolute atomic E-state index is 12.5. The lowest BCUT2D eigenvalue weighted by Crippen LogP contribution is -2.14. The molecule has 0 saturated carbocycles. The molecule has 1 heterocycles. The van der Waals surface area contributed by atoms with Gasteiger partial charge in [0.05, 0.1) is 17.3 Å². The first-order valence-electron chi connectivity index (χ1n) is 6.04. The minimum Gasteiger partial charge on any atom is -0.262 e. The third-order valence-corrected chi connectivity index (χ3v) is 4.51. The number of hydrogen-bond donors (Lipinski definition) is 1. The summed E-state index contributed by atoms with van der Waals surface area (Å²) >= 11 is 5.63. The van der Waals surface area contributed by atoms with Gasteiger partial charge in [-0.3, -0.25) is 4.72 Å². The van der Waals surface area contributed by atoms with Gasteiger partial charge in [-0.05, 0) is 11.5 Å². The normalized spacial score (nSPS) is 11.5. The van der Waals surface area contributed by atoms with E-state index in [-0.39, 0.29) is 15.9 Å². The summed E-state index contributed by atoms with van der Waals surface area (Å²) in [5.74, 6) is 0.118. The molecule has 0 bridgehead atoms. The fourth-order valence-electron chi connectivity index (χ4n) is 1.99. The van der Waals surface area contributed by atoms with E-state index in [4.69, 9.17) is 11.6 Å². The van der Waals surface area contributed by atoms with Gasteiger partial charge in [0.1, 0.15) is 5.15 Å². The smallest absolute Gasteiger partial charge is 0.262 e. The van der Waals surface area contributed by atoms with Crippen LogP contribution in [0.3, 0.4) is 0 Å². The van der Waals surface area contributed by atoms with Crippen molar-refractivity contribution < 1.29 is 8.42 Å². The van der Waals surface area contributed by atoms with Gasteiger partial charge in [0.15, 0.2) is 5.82 Å². The lowest BCUT2D eigenvalue weighted by Gasteiger charge is -2.09. The van der Waals surface area contributed by atoms with E-state index in [0.717, 1.165) is 5.39 Å². The van der Waals surface area contributed by atoms with E-state index in [2.05, 4.69) is 14.7 Å². The molecule has 0 spiro atoms. The van der Waals surface area contributed by atoms with E-state index in [1.807, 2.05) is 18.2 Å². The molecule has 0 aliphatic rings. The lowest BCUT2D eigenvalue weighted by molar-refractivity contribution is 0.602. The van der Waals surface area contributed by atoms with Crippen LogP contribution in [0.25, 0.3) is 10.8 Å². The van der Waals surface area contributed by atoms with Gasteiger partial charge in [0.25, 0.3) is 10.0 Å². The average Bonchev–Trinajstić information content (AvgIpc) is 2.49. The highest BCUT2D eigenvalue weighted by Crippen LogP contribution is 2.24. The Bertz CT molecular complexity index is 890. The van der Waals surface area contributed by atoms with Crippen LogP contribution in [0.2, 0.25) is 5.15 Å². The van der Waals surface area contributed by atoms with Crippen molar-refractivity contribution in [2.75, 3.05) is 4.72 Å². The first-order chi connectivity index (χ1) is 10.1. The number of nitrogens with zero attached hydrogens (tertiary/aromatic N) is 2. The summed E-state index contributed by atoms with van der Waals surface area (Å²) < 4.78 is 27.4. The highest BCUT2D eigenvalue weighted by atomic mass is 35.5. The standard InChI is InChI=1S/C14H10ClN3O2S/c15-13-8-17-14(9-16-13)18-21(19,20)12-7-3-5-10-4-1-2-6-11(10)12/h1-9H,(H,17,18). The summed E-state index contributed by atoms with van der Waals surface area (Å²) in [4.78, 5) is 7.87. The Kier molecular flexibility index (Phi) is 3.48. The number of benzene rings is 2. The largest absolute Gasteiger partial charge is 0.263 e. The van der Waals surface area contributed by atoms with Crippen LogP contribution in [0.15, 0.2) is 59.8 Å². The molecule has 1 aromatic heterocycles. The molecule has 0 radical (unpaired) electrons. The van der Waals surface area contributed by atoms with Crippen molar-refractivity contribution in [3.8, 4) is 0 Å². The topological polar surface area (TPSA) is 72.0 Å². The molecular weight excluding hydrogens is 310 g/mol. The Balaban J connectivity index is 2.06. The van der Waals surface area contributed by atoms with Gasteiger partial charge in [-0.15, -0.1) is 0 Å². The maximum Gasteiger partial charge on any atom is 0.263 e. The van der Waals surface area contributed by atoms with Crippen LogP contribution in [0.4, 0.5) is 5.82 Å². The Morgan fingerprint density at radius 1 is 0.952 bits per heavy atom. The molecule has 0 saturated heterocycles. The highest BCUT2D eigenvalue weighted by Gasteiger charge is 2.17. The van der Waals surface area contributed by atoms with Crippen LogP contribution in [0, 0.1) is 0 Å². The summed E-state index contributed by atoms with van der Waals surface area (Å²) in [6.07, 6.45) is 2.55. The molecule has 5 nitrogen and oxygen atoms in total. The number of rotatable bonds is 3. The zero-order valence-electron chi connectivity index (χ0n) is 10.7. The van der Waals surface area contributed by atoms with E-state index >= 15 is 0 Å². The lowest BCUT2D eigenvalue weighted by atomic mass is 10.1. The van der Waals surface area contributed by atoms with Crippen LogP contribution in [-0.4, -0.2) is 18.4 Å². The van der Waals surface area contributed by atoms with Gasteiger partial charge < -0.3 is 0 Å². The first kappa shape index (κ1) is 13.8. The van der Waals surface area contributed by atoms with Crippen molar-refractivity contribution in [2.45, 2.75) is 4.90 Å². The molecule has 0 unspecified atom stereocenters. The van der Waals surface area contributed by atoms with Crippen molar-refractivity contribution >= 4 is 38.2 Å². The summed E-state index contributed by atoms with van der Waals surface area (Å²) in [6, 6.07) is 12.4. The maximum atomic E-state index is 12.5. The van der Waals surface area contributed by atoms with Crippen molar-refractivity contribution in [1.29, 1.82) is 0 Å². The van der Waals surface area contributed by atoms with Crippen molar-refractivity contribution in [3.63, 3.8) is 0 Å². The molecule has 106 valence electrons. The fourth-order valence-corrected chi connectivity index (χ4v) is 3.31. The van der Waals surface area contributed by atoms with Crippen LogP contribution >= 0.6 is 11.6 Å². The molecule has 0 aliphatic carbocycles. The van der Waals surface area contributed by atoms with Crippen molar-refractivity contribution in [2.24, 2.45) is 0 Å². The zero-order chi connectivity index (χ0) is 14.9. The SMILES string of the molecule is O=S(=O)(Nc1cnc(Cl)cn1)c1cccc2ccccc12. The van der Waals surface area contributed by atoms with Crippen molar-refractivity contribution in [1.82, 2.24) is 9.97 Å². The van der Waals surface area contributed by atoms with E-state index < -0.39 is 10.0 Å². The first-order valence-corrected chi connectivity index (χ1v) is 7.90. The number of hydrogen-bond acceptors (Lipinski definition) is 4. The number of fused-ring (bicyclic) bond motifs is 1. The molecule has 7 heteroatoms. The van der Waals surface area contributed by atoms with Gasteiger partial charge in [0, 0.05) is 5.39 Å². The van der Waals surface area contributed by atoms with Crippen LogP contribution in [0.1, 0.15) is 0 Å². The summed E-state index contributed by atoms with van der Waals surface area (Å²) in [5, 5.41) is 1.69. The van der Waals surface area contributed by atoms with E-state index in [9.17, 15) is 8.42 Å². The number of aromatic nitrogens is 2. The number of nitrogens with one attached hydrogen (secondary N) is 1. The average molecular weight is 320 g/mol. The predicted molar refractivity (Wildman–Crippen MR) is 81.8 cm³/mol. The molecule has 0 atom stereocenters. The molecule has 0 amide bonds. The van der Waals surface area contributed by atoms with Gasteiger partial charge in [-0.2, -0.15) is 0 Å². The van der Waals surface area contributed by atoms with E-state index in [1.165, 1.54) is 12.4 Å². The second kappa shape index (κ2) is 5.31. The second-order valence-corrected chi connectivity index (χ2v) is 6.35. The van der Waals surface area contributed by atoms with Gasteiger partial charge in [-0.25, -0.2) is 18.4 Å². The molecular formula is C14H10ClN3O2S. The number of anilines is 1. The van der Waals surface area contributed by atoms with Crippen LogP contribution < -0.4 is 4.72 Å². The Labute approximate surface area is 126 Å². The van der Waals surface area contributed by atoms with Gasteiger partial charge in [0.2, 0.25) is 0 Å². The van der Waals surface area contributed by atoms with E-state index in [0.29, 0.717) is 5.39 Å². The Hall–Kier alpha value is -2.18. The summed E-state index contributed by atoms with van der Waals surface area (Å²) in [6.45, 7) is 0. The third kappa shape index (κ3) is 2.81. The molecule has 3 aromatic rings. The molecule has 3 rings (SSSR count). The summed E-state index contributed by atoms with van der Waals surface area (Å²) in [7, 11) is -3.75. The number of sulfonamides is 1. The minimum absolute atomic E-state index is 0.118. The molecule has 21 heavy (non-hydrogen) atoms. The van der Waals surface area contributed by atoms with Gasteiger partial charge in [-0.1, -0.05) is 48.0 Å².